The van der Waals surface area contributed by atoms with Crippen molar-refractivity contribution in [1.82, 2.24) is 0 Å². The molecule has 0 heterocycles. The van der Waals surface area contributed by atoms with Gasteiger partial charge in [-0.1, -0.05) is 36.7 Å². The van der Waals surface area contributed by atoms with Gasteiger partial charge >= 0.3 is 7.48 Å². The van der Waals surface area contributed by atoms with Crippen molar-refractivity contribution in [2.45, 2.75) is 13.3 Å². The number of ketones is 1. The largest absolute Gasteiger partial charge is 0.449 e. The van der Waals surface area contributed by atoms with Crippen LogP contribution in [0.15, 0.2) is 24.3 Å². The van der Waals surface area contributed by atoms with Crippen LogP contribution in [0.2, 0.25) is 0 Å². The molecule has 1 rings (SSSR count). The Morgan fingerprint density at radius 3 is 2.92 bits per heavy atom. The molecule has 0 aromatic heterocycles. The van der Waals surface area contributed by atoms with Crippen LogP contribution in [-0.4, -0.2) is 18.3 Å². The van der Waals surface area contributed by atoms with Crippen LogP contribution < -0.4 is 5.46 Å². The quantitative estimate of drug-likeness (QED) is 0.510. The molecule has 2 nitrogen and oxygen atoms in total. The Kier molecular flexibility index (Phi) is 3.05. The lowest BCUT2D eigenvalue weighted by molar-refractivity contribution is 0.0988. The highest BCUT2D eigenvalue weighted by Gasteiger charge is 2.02. The van der Waals surface area contributed by atoms with Gasteiger partial charge in [0.15, 0.2) is 5.78 Å². The monoisotopic (exact) mass is 162 g/mol. The second-order valence-corrected chi connectivity index (χ2v) is 2.64. The van der Waals surface area contributed by atoms with Crippen molar-refractivity contribution in [2.75, 3.05) is 0 Å². The number of hydrogen-bond acceptors (Lipinski definition) is 2. The molecule has 0 unspecified atom stereocenters. The minimum Gasteiger partial charge on any atom is -0.449 e. The molecule has 1 aromatic rings. The number of Topliss-reactive ketones (excluding diaryl/α,β-unsaturated/α-hetero) is 1. The molecule has 0 saturated heterocycles. The molecule has 0 saturated carbocycles. The van der Waals surface area contributed by atoms with Gasteiger partial charge in [0.25, 0.3) is 0 Å². The molecule has 0 fully saturated rings. The second-order valence-electron chi connectivity index (χ2n) is 2.64. The molecule has 12 heavy (non-hydrogen) atoms. The number of hydrogen-bond donors (Lipinski definition) is 1. The summed E-state index contributed by atoms with van der Waals surface area (Å²) in [7, 11) is -0.00909. The number of carbonyl (C=O) groups is 1. The molecule has 1 aromatic carbocycles. The van der Waals surface area contributed by atoms with E-state index in [0.29, 0.717) is 12.0 Å². The van der Waals surface area contributed by atoms with Crippen LogP contribution >= 0.6 is 0 Å². The van der Waals surface area contributed by atoms with Crippen LogP contribution in [0.1, 0.15) is 23.7 Å². The van der Waals surface area contributed by atoms with Crippen molar-refractivity contribution < 1.29 is 9.82 Å². The summed E-state index contributed by atoms with van der Waals surface area (Å²) in [6, 6.07) is 7.08. The fraction of sp³-hybridized carbons (Fsp3) is 0.222. The summed E-state index contributed by atoms with van der Waals surface area (Å²) in [4.78, 5) is 11.2. The van der Waals surface area contributed by atoms with Gasteiger partial charge in [0.2, 0.25) is 0 Å². The van der Waals surface area contributed by atoms with Crippen LogP contribution in [-0.2, 0) is 0 Å². The first-order chi connectivity index (χ1) is 5.77. The summed E-state index contributed by atoms with van der Waals surface area (Å²) in [5, 5.41) is 8.81. The van der Waals surface area contributed by atoms with E-state index in [-0.39, 0.29) is 13.3 Å². The van der Waals surface area contributed by atoms with Gasteiger partial charge in [-0.2, -0.15) is 0 Å². The third kappa shape index (κ3) is 1.95. The third-order valence-electron chi connectivity index (χ3n) is 1.75. The van der Waals surface area contributed by atoms with Crippen LogP contribution in [0.3, 0.4) is 0 Å². The van der Waals surface area contributed by atoms with Crippen molar-refractivity contribution in [3.8, 4) is 0 Å². The summed E-state index contributed by atoms with van der Waals surface area (Å²) in [5.74, 6) is 0.116. The van der Waals surface area contributed by atoms with Gasteiger partial charge in [0.05, 0.1) is 0 Å². The first-order valence-corrected chi connectivity index (χ1v) is 4.01. The summed E-state index contributed by atoms with van der Waals surface area (Å²) < 4.78 is 0. The molecule has 0 spiro atoms. The standard InChI is InChI=1S/C9H11BO2/c1-2-9(11)7-4-3-5-8(6-7)10-12/h3-6,10,12H,2H2,1H3. The fourth-order valence-corrected chi connectivity index (χ4v) is 1.05. The molecule has 0 bridgehead atoms. The van der Waals surface area contributed by atoms with E-state index in [1.807, 2.05) is 6.92 Å². The van der Waals surface area contributed by atoms with E-state index >= 15 is 0 Å². The highest BCUT2D eigenvalue weighted by atomic mass is 16.2. The Balaban J connectivity index is 2.93. The predicted octanol–water partition coefficient (Wildman–Crippen LogP) is 0.248. The van der Waals surface area contributed by atoms with Crippen LogP contribution in [0.5, 0.6) is 0 Å². The van der Waals surface area contributed by atoms with Crippen LogP contribution in [0.4, 0.5) is 0 Å². The SMILES string of the molecule is CCC(=O)c1cccc(BO)c1. The highest BCUT2D eigenvalue weighted by Crippen LogP contribution is 2.00. The average Bonchev–Trinajstić information content (AvgIpc) is 2.17. The van der Waals surface area contributed by atoms with Crippen molar-refractivity contribution in [2.24, 2.45) is 0 Å². The van der Waals surface area contributed by atoms with E-state index in [0.717, 1.165) is 5.46 Å². The highest BCUT2D eigenvalue weighted by molar-refractivity contribution is 6.45. The molecule has 62 valence electrons. The molecular weight excluding hydrogens is 151 g/mol. The molecule has 1 N–H and O–H groups in total. The van der Waals surface area contributed by atoms with Gasteiger partial charge in [0.1, 0.15) is 0 Å². The Hall–Kier alpha value is -1.09. The summed E-state index contributed by atoms with van der Waals surface area (Å²) in [6.07, 6.45) is 0.509. The lowest BCUT2D eigenvalue weighted by atomic mass is 9.87. The van der Waals surface area contributed by atoms with Gasteiger partial charge in [-0.15, -0.1) is 0 Å². The third-order valence-corrected chi connectivity index (χ3v) is 1.75. The Morgan fingerprint density at radius 1 is 1.58 bits per heavy atom. The fourth-order valence-electron chi connectivity index (χ4n) is 1.05. The predicted molar refractivity (Wildman–Crippen MR) is 50.1 cm³/mol. The van der Waals surface area contributed by atoms with Gasteiger partial charge < -0.3 is 5.02 Å². The van der Waals surface area contributed by atoms with E-state index in [4.69, 9.17) is 5.02 Å². The van der Waals surface area contributed by atoms with E-state index < -0.39 is 0 Å². The summed E-state index contributed by atoms with van der Waals surface area (Å²) in [5.41, 5.74) is 1.47. The van der Waals surface area contributed by atoms with E-state index in [1.54, 1.807) is 24.3 Å². The van der Waals surface area contributed by atoms with Crippen molar-refractivity contribution >= 4 is 18.7 Å². The molecular formula is C9H11BO2. The zero-order valence-corrected chi connectivity index (χ0v) is 7.08. The lowest BCUT2D eigenvalue weighted by Crippen LogP contribution is -2.14. The van der Waals surface area contributed by atoms with Gasteiger partial charge in [-0.05, 0) is 0 Å². The van der Waals surface area contributed by atoms with Crippen LogP contribution in [0, 0.1) is 0 Å². The van der Waals surface area contributed by atoms with Crippen molar-refractivity contribution in [3.63, 3.8) is 0 Å². The maximum atomic E-state index is 11.2. The maximum Gasteiger partial charge on any atom is 0.304 e. The van der Waals surface area contributed by atoms with E-state index in [1.165, 1.54) is 0 Å². The van der Waals surface area contributed by atoms with Gasteiger partial charge in [-0.3, -0.25) is 4.79 Å². The average molecular weight is 162 g/mol. The number of rotatable bonds is 3. The minimum atomic E-state index is -0.00909. The molecule has 0 atom stereocenters. The molecule has 0 amide bonds. The summed E-state index contributed by atoms with van der Waals surface area (Å²) >= 11 is 0. The van der Waals surface area contributed by atoms with Gasteiger partial charge in [-0.25, -0.2) is 0 Å². The topological polar surface area (TPSA) is 37.3 Å². The van der Waals surface area contributed by atoms with E-state index in [9.17, 15) is 4.79 Å². The summed E-state index contributed by atoms with van der Waals surface area (Å²) in [6.45, 7) is 1.83. The Labute approximate surface area is 72.5 Å². The lowest BCUT2D eigenvalue weighted by Gasteiger charge is -1.98. The molecule has 0 aliphatic heterocycles. The zero-order chi connectivity index (χ0) is 8.97. The van der Waals surface area contributed by atoms with Crippen molar-refractivity contribution in [3.05, 3.63) is 29.8 Å². The zero-order valence-electron chi connectivity index (χ0n) is 7.08. The molecule has 0 aliphatic rings. The van der Waals surface area contributed by atoms with Gasteiger partial charge in [0, 0.05) is 12.0 Å². The van der Waals surface area contributed by atoms with Crippen molar-refractivity contribution in [1.29, 1.82) is 0 Å². The Morgan fingerprint density at radius 2 is 2.33 bits per heavy atom. The molecule has 3 heteroatoms. The first kappa shape index (κ1) is 9.01. The van der Waals surface area contributed by atoms with E-state index in [2.05, 4.69) is 0 Å². The number of carbonyl (C=O) groups excluding carboxylic acids is 1. The second kappa shape index (κ2) is 4.07. The molecule has 0 aliphatic carbocycles. The number of benzene rings is 1. The smallest absolute Gasteiger partial charge is 0.304 e. The first-order valence-electron chi connectivity index (χ1n) is 4.01. The minimum absolute atomic E-state index is 0.00909. The normalized spacial score (nSPS) is 9.50. The van der Waals surface area contributed by atoms with Crippen LogP contribution in [0.25, 0.3) is 0 Å². The maximum absolute atomic E-state index is 11.2. The molecule has 0 radical (unpaired) electrons. The Bertz CT molecular complexity index is 284.